The van der Waals surface area contributed by atoms with Crippen LogP contribution in [0.2, 0.25) is 0 Å². The summed E-state index contributed by atoms with van der Waals surface area (Å²) < 4.78 is 80.2. The Hall–Kier alpha value is -2.76. The Morgan fingerprint density at radius 3 is 2.22 bits per heavy atom. The van der Waals surface area contributed by atoms with Gasteiger partial charge in [-0.2, -0.15) is 26.3 Å². The minimum absolute atomic E-state index is 0.00958. The molecule has 5 nitrogen and oxygen atoms in total. The number of alkyl halides is 6. The van der Waals surface area contributed by atoms with Gasteiger partial charge in [0.2, 0.25) is 5.91 Å². The largest absolute Gasteiger partial charge is 0.416 e. The van der Waals surface area contributed by atoms with Crippen LogP contribution in [0.25, 0.3) is 0 Å². The minimum atomic E-state index is -4.98. The first-order chi connectivity index (χ1) is 16.7. The van der Waals surface area contributed by atoms with Crippen molar-refractivity contribution in [2.45, 2.75) is 57.2 Å². The highest BCUT2D eigenvalue weighted by Gasteiger charge is 2.46. The molecule has 3 unspecified atom stereocenters. The summed E-state index contributed by atoms with van der Waals surface area (Å²) in [6.45, 7) is 3.83. The predicted molar refractivity (Wildman–Crippen MR) is 121 cm³/mol. The standard InChI is InChI=1S/C24H25F6N3O2S/c1-13(15-10-16(23(25,26)27)12-17(11-15)24(28,29)30)31(3)22(35)33-8-7-32-19(4-5-20(32)34)21(33)18-6-9-36-14(18)2/h6,9-13,19,21H,4-5,7-8H2,1-3H3. The van der Waals surface area contributed by atoms with Gasteiger partial charge in [-0.15, -0.1) is 11.3 Å². The Morgan fingerprint density at radius 2 is 1.69 bits per heavy atom. The zero-order valence-electron chi connectivity index (χ0n) is 19.8. The van der Waals surface area contributed by atoms with E-state index in [2.05, 4.69) is 0 Å². The van der Waals surface area contributed by atoms with Crippen molar-refractivity contribution in [3.05, 3.63) is 56.8 Å². The van der Waals surface area contributed by atoms with E-state index in [0.717, 1.165) is 15.3 Å². The Kier molecular flexibility index (Phi) is 6.78. The van der Waals surface area contributed by atoms with Crippen LogP contribution >= 0.6 is 11.3 Å². The Labute approximate surface area is 208 Å². The van der Waals surface area contributed by atoms with E-state index in [4.69, 9.17) is 0 Å². The first-order valence-electron chi connectivity index (χ1n) is 11.4. The summed E-state index contributed by atoms with van der Waals surface area (Å²) in [6.07, 6.45) is -9.04. The number of carbonyl (C=O) groups excluding carboxylic acids is 2. The number of urea groups is 1. The number of halogens is 6. The number of fused-ring (bicyclic) bond motifs is 1. The zero-order valence-corrected chi connectivity index (χ0v) is 20.6. The number of thiophene rings is 1. The van der Waals surface area contributed by atoms with E-state index in [1.54, 1.807) is 9.80 Å². The maximum atomic E-state index is 13.7. The topological polar surface area (TPSA) is 43.9 Å². The molecule has 0 radical (unpaired) electrons. The second kappa shape index (κ2) is 9.28. The van der Waals surface area contributed by atoms with Gasteiger partial charge in [-0.25, -0.2) is 4.79 Å². The zero-order chi connectivity index (χ0) is 26.6. The maximum Gasteiger partial charge on any atom is 0.416 e. The van der Waals surface area contributed by atoms with E-state index >= 15 is 0 Å². The van der Waals surface area contributed by atoms with Crippen LogP contribution in [0.1, 0.15) is 59.0 Å². The number of rotatable bonds is 3. The molecule has 196 valence electrons. The quantitative estimate of drug-likeness (QED) is 0.438. The monoisotopic (exact) mass is 533 g/mol. The fraction of sp³-hybridized carbons (Fsp3) is 0.500. The fourth-order valence-corrected chi connectivity index (χ4v) is 5.78. The number of piperazine rings is 1. The number of hydrogen-bond acceptors (Lipinski definition) is 3. The highest BCUT2D eigenvalue weighted by molar-refractivity contribution is 7.10. The van der Waals surface area contributed by atoms with E-state index in [-0.39, 0.29) is 30.1 Å². The van der Waals surface area contributed by atoms with E-state index < -0.39 is 41.6 Å². The van der Waals surface area contributed by atoms with Crippen molar-refractivity contribution in [1.29, 1.82) is 0 Å². The van der Waals surface area contributed by atoms with Gasteiger partial charge in [-0.1, -0.05) is 0 Å². The van der Waals surface area contributed by atoms with E-state index in [1.165, 1.54) is 25.3 Å². The second-order valence-corrected chi connectivity index (χ2v) is 10.3. The van der Waals surface area contributed by atoms with Gasteiger partial charge in [0.25, 0.3) is 0 Å². The van der Waals surface area contributed by atoms with Crippen LogP contribution in [-0.4, -0.2) is 52.8 Å². The maximum absolute atomic E-state index is 13.7. The van der Waals surface area contributed by atoms with Gasteiger partial charge in [0.15, 0.2) is 0 Å². The lowest BCUT2D eigenvalue weighted by Gasteiger charge is -2.46. The van der Waals surface area contributed by atoms with Gasteiger partial charge in [0.05, 0.1) is 29.3 Å². The average Bonchev–Trinajstić information content (AvgIpc) is 3.40. The molecule has 2 aliphatic heterocycles. The molecule has 2 aromatic rings. The predicted octanol–water partition coefficient (Wildman–Crippen LogP) is 6.25. The van der Waals surface area contributed by atoms with Gasteiger partial charge < -0.3 is 14.7 Å². The molecule has 2 aliphatic rings. The smallest absolute Gasteiger partial charge is 0.335 e. The molecule has 0 saturated carbocycles. The average molecular weight is 534 g/mol. The summed E-state index contributed by atoms with van der Waals surface area (Å²) in [6, 6.07) is 0.974. The van der Waals surface area contributed by atoms with Gasteiger partial charge in [0, 0.05) is 31.4 Å². The van der Waals surface area contributed by atoms with Crippen molar-refractivity contribution < 1.29 is 35.9 Å². The number of nitrogens with zero attached hydrogens (tertiary/aromatic N) is 3. The van der Waals surface area contributed by atoms with Gasteiger partial charge >= 0.3 is 18.4 Å². The van der Waals surface area contributed by atoms with Crippen LogP contribution in [0.5, 0.6) is 0 Å². The minimum Gasteiger partial charge on any atom is -0.335 e. The van der Waals surface area contributed by atoms with Crippen molar-refractivity contribution in [3.8, 4) is 0 Å². The summed E-state index contributed by atoms with van der Waals surface area (Å²) in [5.41, 5.74) is -2.24. The highest BCUT2D eigenvalue weighted by atomic mass is 32.1. The molecule has 3 heterocycles. The molecule has 12 heteroatoms. The molecule has 0 aliphatic carbocycles. The first kappa shape index (κ1) is 26.3. The van der Waals surface area contributed by atoms with E-state index in [1.807, 2.05) is 18.4 Å². The number of benzene rings is 1. The van der Waals surface area contributed by atoms with Gasteiger partial charge in [-0.05, 0) is 61.0 Å². The molecule has 1 aromatic carbocycles. The Bertz CT molecular complexity index is 1130. The molecule has 4 rings (SSSR count). The summed E-state index contributed by atoms with van der Waals surface area (Å²) in [5.74, 6) is 0.00958. The molecule has 1 aromatic heterocycles. The van der Waals surface area contributed by atoms with Crippen LogP contribution in [0.3, 0.4) is 0 Å². The third-order valence-corrected chi connectivity index (χ3v) is 7.96. The number of amides is 3. The molecular weight excluding hydrogens is 508 g/mol. The first-order valence-corrected chi connectivity index (χ1v) is 12.2. The summed E-state index contributed by atoms with van der Waals surface area (Å²) in [7, 11) is 1.37. The molecule has 3 atom stereocenters. The van der Waals surface area contributed by atoms with Crippen molar-refractivity contribution >= 4 is 23.3 Å². The highest BCUT2D eigenvalue weighted by Crippen LogP contribution is 2.42. The molecular formula is C24H25F6N3O2S. The molecule has 0 bridgehead atoms. The lowest BCUT2D eigenvalue weighted by atomic mass is 9.94. The third-order valence-electron chi connectivity index (χ3n) is 7.10. The number of hydrogen-bond donors (Lipinski definition) is 0. The molecule has 3 amide bonds. The number of aryl methyl sites for hydroxylation is 1. The van der Waals surface area contributed by atoms with E-state index in [9.17, 15) is 35.9 Å². The SMILES string of the molecule is Cc1sccc1C1C2CCC(=O)N2CCN1C(=O)N(C)C(C)c1cc(C(F)(F)F)cc(C(F)(F)F)c1. The molecule has 2 saturated heterocycles. The van der Waals surface area contributed by atoms with Crippen LogP contribution in [0.15, 0.2) is 29.6 Å². The normalized spacial score (nSPS) is 21.5. The van der Waals surface area contributed by atoms with Gasteiger partial charge in [-0.3, -0.25) is 4.79 Å². The van der Waals surface area contributed by atoms with Crippen LogP contribution in [0.4, 0.5) is 31.1 Å². The molecule has 0 spiro atoms. The Balaban J connectivity index is 1.68. The lowest BCUT2D eigenvalue weighted by molar-refractivity contribution is -0.143. The Morgan fingerprint density at radius 1 is 1.08 bits per heavy atom. The van der Waals surface area contributed by atoms with E-state index in [0.29, 0.717) is 31.5 Å². The van der Waals surface area contributed by atoms with Crippen LogP contribution < -0.4 is 0 Å². The molecule has 0 N–H and O–H groups in total. The summed E-state index contributed by atoms with van der Waals surface area (Å²) >= 11 is 1.50. The molecule has 2 fully saturated rings. The summed E-state index contributed by atoms with van der Waals surface area (Å²) in [4.78, 5) is 31.5. The van der Waals surface area contributed by atoms with Crippen LogP contribution in [0, 0.1) is 6.92 Å². The van der Waals surface area contributed by atoms with Crippen molar-refractivity contribution in [1.82, 2.24) is 14.7 Å². The van der Waals surface area contributed by atoms with Crippen molar-refractivity contribution in [3.63, 3.8) is 0 Å². The second-order valence-electron chi connectivity index (χ2n) is 9.17. The summed E-state index contributed by atoms with van der Waals surface area (Å²) in [5, 5.41) is 1.89. The van der Waals surface area contributed by atoms with Gasteiger partial charge in [0.1, 0.15) is 0 Å². The number of carbonyl (C=O) groups is 2. The molecule has 36 heavy (non-hydrogen) atoms. The fourth-order valence-electron chi connectivity index (χ4n) is 5.04. The van der Waals surface area contributed by atoms with Crippen molar-refractivity contribution in [2.75, 3.05) is 20.1 Å². The third kappa shape index (κ3) is 4.79. The van der Waals surface area contributed by atoms with Crippen LogP contribution in [-0.2, 0) is 17.1 Å². The van der Waals surface area contributed by atoms with Crippen molar-refractivity contribution in [2.24, 2.45) is 0 Å². The lowest BCUT2D eigenvalue weighted by Crippen LogP contribution is -2.57.